The van der Waals surface area contributed by atoms with Crippen molar-refractivity contribution in [2.24, 2.45) is 0 Å². The number of ether oxygens (including phenoxy) is 1. The summed E-state index contributed by atoms with van der Waals surface area (Å²) >= 11 is 0. The molecular formula is C20H31NO2. The second kappa shape index (κ2) is 16.1. The molecule has 0 spiro atoms. The van der Waals surface area contributed by atoms with E-state index < -0.39 is 0 Å². The number of allylic oxidation sites excluding steroid dienone is 3. The van der Waals surface area contributed by atoms with Crippen molar-refractivity contribution in [1.29, 1.82) is 0 Å². The number of rotatable bonds is 2. The predicted octanol–water partition coefficient (Wildman–Crippen LogP) is 5.73. The summed E-state index contributed by atoms with van der Waals surface area (Å²) < 4.78 is 4.96. The Hall–Kier alpha value is -2.29. The third-order valence-corrected chi connectivity index (χ3v) is 2.65. The monoisotopic (exact) mass is 317 g/mol. The van der Waals surface area contributed by atoms with Crippen LogP contribution in [0.5, 0.6) is 0 Å². The van der Waals surface area contributed by atoms with E-state index in [0.717, 1.165) is 29.9 Å². The van der Waals surface area contributed by atoms with Crippen molar-refractivity contribution < 1.29 is 9.53 Å². The van der Waals surface area contributed by atoms with E-state index in [2.05, 4.69) is 24.6 Å². The standard InChI is InChI=1S/C9H12O2.C7H9N.C2H6.C2H4/c1-7-5-3-4-6-9(7)11-8(2)10;1-8-7-5-3-2-4-6-7;2*1-2/h5-6H,3-4H2,1-2H3;2-6,8H,1H3;1-2H3;1-2H2. The number of para-hydroxylation sites is 1. The molecule has 0 fully saturated rings. The van der Waals surface area contributed by atoms with E-state index in [-0.39, 0.29) is 5.97 Å². The highest BCUT2D eigenvalue weighted by atomic mass is 16.5. The van der Waals surface area contributed by atoms with Gasteiger partial charge in [-0.3, -0.25) is 4.79 Å². The zero-order chi connectivity index (χ0) is 18.1. The zero-order valence-electron chi connectivity index (χ0n) is 15.2. The van der Waals surface area contributed by atoms with Crippen molar-refractivity contribution in [2.45, 2.75) is 40.5 Å². The van der Waals surface area contributed by atoms with Crippen molar-refractivity contribution in [2.75, 3.05) is 12.4 Å². The van der Waals surface area contributed by atoms with Gasteiger partial charge in [0.05, 0.1) is 0 Å². The molecule has 1 aromatic rings. The van der Waals surface area contributed by atoms with Crippen LogP contribution in [0.15, 0.2) is 67.0 Å². The average Bonchev–Trinajstić information content (AvgIpc) is 2.61. The first kappa shape index (κ1) is 23.0. The fourth-order valence-corrected chi connectivity index (χ4v) is 1.66. The zero-order valence-corrected chi connectivity index (χ0v) is 15.2. The molecule has 0 aliphatic heterocycles. The van der Waals surface area contributed by atoms with Gasteiger partial charge in [-0.15, -0.1) is 13.2 Å². The first-order chi connectivity index (χ1) is 11.1. The molecule has 0 bridgehead atoms. The molecule has 3 nitrogen and oxygen atoms in total. The third-order valence-electron chi connectivity index (χ3n) is 2.65. The number of carbonyl (C=O) groups is 1. The maximum absolute atomic E-state index is 10.6. The molecule has 0 atom stereocenters. The summed E-state index contributed by atoms with van der Waals surface area (Å²) in [6.45, 7) is 13.4. The summed E-state index contributed by atoms with van der Waals surface area (Å²) in [5.41, 5.74) is 2.22. The van der Waals surface area contributed by atoms with Crippen LogP contribution in [0.4, 0.5) is 5.69 Å². The van der Waals surface area contributed by atoms with Gasteiger partial charge in [0, 0.05) is 19.7 Å². The SMILES string of the molecule is C=C.CC.CC(=O)OC1=CCCC=C1C.CNc1ccccc1. The Morgan fingerprint density at radius 3 is 2.00 bits per heavy atom. The molecule has 2 rings (SSSR count). The lowest BCUT2D eigenvalue weighted by molar-refractivity contribution is -0.136. The molecule has 23 heavy (non-hydrogen) atoms. The van der Waals surface area contributed by atoms with Gasteiger partial charge in [-0.25, -0.2) is 0 Å². The van der Waals surface area contributed by atoms with Crippen molar-refractivity contribution in [3.05, 3.63) is 67.0 Å². The second-order valence-electron chi connectivity index (χ2n) is 4.24. The summed E-state index contributed by atoms with van der Waals surface area (Å²) in [5, 5.41) is 3.03. The molecule has 1 N–H and O–H groups in total. The van der Waals surface area contributed by atoms with E-state index >= 15 is 0 Å². The largest absolute Gasteiger partial charge is 0.427 e. The topological polar surface area (TPSA) is 38.3 Å². The Morgan fingerprint density at radius 1 is 1.09 bits per heavy atom. The quantitative estimate of drug-likeness (QED) is 0.559. The van der Waals surface area contributed by atoms with Gasteiger partial charge in [0.25, 0.3) is 0 Å². The van der Waals surface area contributed by atoms with E-state index in [1.165, 1.54) is 6.92 Å². The molecule has 1 aliphatic carbocycles. The van der Waals surface area contributed by atoms with Crippen LogP contribution in [-0.2, 0) is 9.53 Å². The summed E-state index contributed by atoms with van der Waals surface area (Å²) in [5.74, 6) is 0.481. The number of hydrogen-bond acceptors (Lipinski definition) is 3. The van der Waals surface area contributed by atoms with Crippen LogP contribution in [0.25, 0.3) is 0 Å². The Morgan fingerprint density at radius 2 is 1.61 bits per heavy atom. The molecule has 0 saturated heterocycles. The number of hydrogen-bond donors (Lipinski definition) is 1. The minimum absolute atomic E-state index is 0.245. The highest BCUT2D eigenvalue weighted by molar-refractivity contribution is 5.68. The van der Waals surface area contributed by atoms with E-state index in [9.17, 15) is 4.79 Å². The van der Waals surface area contributed by atoms with Gasteiger partial charge in [-0.2, -0.15) is 0 Å². The van der Waals surface area contributed by atoms with Gasteiger partial charge >= 0.3 is 5.97 Å². The molecule has 0 radical (unpaired) electrons. The fraction of sp³-hybridized carbons (Fsp3) is 0.350. The lowest BCUT2D eigenvalue weighted by Crippen LogP contribution is -2.02. The summed E-state index contributed by atoms with van der Waals surface area (Å²) in [6.07, 6.45) is 6.06. The normalized spacial score (nSPS) is 11.5. The number of anilines is 1. The molecule has 0 aromatic heterocycles. The van der Waals surface area contributed by atoms with Crippen LogP contribution >= 0.6 is 0 Å². The molecular weight excluding hydrogens is 286 g/mol. The number of carbonyl (C=O) groups excluding carboxylic acids is 1. The van der Waals surface area contributed by atoms with E-state index in [0.29, 0.717) is 0 Å². The molecule has 3 heteroatoms. The predicted molar refractivity (Wildman–Crippen MR) is 101 cm³/mol. The highest BCUT2D eigenvalue weighted by Crippen LogP contribution is 2.18. The smallest absolute Gasteiger partial charge is 0.308 e. The van der Waals surface area contributed by atoms with Gasteiger partial charge in [0.15, 0.2) is 0 Å². The number of benzene rings is 1. The van der Waals surface area contributed by atoms with Crippen molar-refractivity contribution in [1.82, 2.24) is 0 Å². The van der Waals surface area contributed by atoms with Crippen LogP contribution in [0.2, 0.25) is 0 Å². The maximum Gasteiger partial charge on any atom is 0.308 e. The molecule has 0 unspecified atom stereocenters. The fourth-order valence-electron chi connectivity index (χ4n) is 1.66. The van der Waals surface area contributed by atoms with Crippen LogP contribution in [0.3, 0.4) is 0 Å². The van der Waals surface area contributed by atoms with Gasteiger partial charge in [-0.05, 0) is 43.5 Å². The van der Waals surface area contributed by atoms with E-state index in [1.54, 1.807) is 0 Å². The van der Waals surface area contributed by atoms with Gasteiger partial charge in [-0.1, -0.05) is 38.1 Å². The molecule has 0 heterocycles. The lowest BCUT2D eigenvalue weighted by Gasteiger charge is -2.10. The summed E-state index contributed by atoms with van der Waals surface area (Å²) in [7, 11) is 1.91. The molecule has 1 aliphatic rings. The lowest BCUT2D eigenvalue weighted by atomic mass is 10.1. The van der Waals surface area contributed by atoms with Crippen molar-refractivity contribution in [3.8, 4) is 0 Å². The number of nitrogens with one attached hydrogen (secondary N) is 1. The Kier molecular flexibility index (Phi) is 16.1. The first-order valence-corrected chi connectivity index (χ1v) is 7.92. The van der Waals surface area contributed by atoms with Crippen LogP contribution in [-0.4, -0.2) is 13.0 Å². The average molecular weight is 317 g/mol. The Labute approximate surface area is 141 Å². The minimum atomic E-state index is -0.245. The number of esters is 1. The van der Waals surface area contributed by atoms with Gasteiger partial charge in [0.2, 0.25) is 0 Å². The molecule has 0 saturated carbocycles. The minimum Gasteiger partial charge on any atom is -0.427 e. The maximum atomic E-state index is 10.6. The molecule has 1 aromatic carbocycles. The van der Waals surface area contributed by atoms with E-state index in [1.807, 2.05) is 64.2 Å². The summed E-state index contributed by atoms with van der Waals surface area (Å²) in [4.78, 5) is 10.6. The van der Waals surface area contributed by atoms with Crippen LogP contribution < -0.4 is 5.32 Å². The van der Waals surface area contributed by atoms with Crippen LogP contribution in [0.1, 0.15) is 40.5 Å². The highest BCUT2D eigenvalue weighted by Gasteiger charge is 2.06. The van der Waals surface area contributed by atoms with Crippen LogP contribution in [0, 0.1) is 0 Å². The molecule has 128 valence electrons. The van der Waals surface area contributed by atoms with Crippen molar-refractivity contribution >= 4 is 11.7 Å². The Bertz CT molecular complexity index is 476. The first-order valence-electron chi connectivity index (χ1n) is 7.92. The summed E-state index contributed by atoms with van der Waals surface area (Å²) in [6, 6.07) is 10.1. The van der Waals surface area contributed by atoms with E-state index in [4.69, 9.17) is 4.74 Å². The molecule has 0 amide bonds. The van der Waals surface area contributed by atoms with Gasteiger partial charge < -0.3 is 10.1 Å². The van der Waals surface area contributed by atoms with Gasteiger partial charge in [0.1, 0.15) is 5.76 Å². The Balaban J connectivity index is 0. The third kappa shape index (κ3) is 12.0. The second-order valence-corrected chi connectivity index (χ2v) is 4.24. The van der Waals surface area contributed by atoms with Crippen molar-refractivity contribution in [3.63, 3.8) is 0 Å².